The summed E-state index contributed by atoms with van der Waals surface area (Å²) in [6, 6.07) is 12.5. The van der Waals surface area contributed by atoms with Gasteiger partial charge in [0, 0.05) is 16.5 Å². The van der Waals surface area contributed by atoms with Crippen molar-refractivity contribution in [1.82, 2.24) is 9.97 Å². The van der Waals surface area contributed by atoms with Gasteiger partial charge in [0.15, 0.2) is 0 Å². The number of carbonyl (C=O) groups excluding carboxylic acids is 2. The monoisotopic (exact) mass is 476 g/mol. The van der Waals surface area contributed by atoms with Crippen LogP contribution < -0.4 is 11.1 Å². The van der Waals surface area contributed by atoms with Crippen LogP contribution in [0.2, 0.25) is 5.02 Å². The summed E-state index contributed by atoms with van der Waals surface area (Å²) < 4.78 is 0. The molecule has 0 spiro atoms. The van der Waals surface area contributed by atoms with E-state index in [9.17, 15) is 9.59 Å². The number of primary amides is 1. The van der Waals surface area contributed by atoms with Crippen molar-refractivity contribution in [2.45, 2.75) is 26.2 Å². The molecule has 6 nitrogen and oxygen atoms in total. The maximum Gasteiger partial charge on any atom is 0.257 e. The van der Waals surface area contributed by atoms with Gasteiger partial charge in [0.1, 0.15) is 5.00 Å². The number of carbonyl (C=O) groups is 2. The Bertz CT molecular complexity index is 1400. The summed E-state index contributed by atoms with van der Waals surface area (Å²) in [5.74, 6) is -0.335. The molecular formula is C25H21ClN4O2S. The number of hydrogen-bond acceptors (Lipinski definition) is 5. The van der Waals surface area contributed by atoms with Crippen LogP contribution in [0, 0.1) is 5.92 Å². The second-order valence-electron chi connectivity index (χ2n) is 8.28. The molecule has 0 saturated carbocycles. The van der Waals surface area contributed by atoms with Gasteiger partial charge in [0.05, 0.1) is 33.1 Å². The van der Waals surface area contributed by atoms with Gasteiger partial charge in [-0.3, -0.25) is 14.6 Å². The Morgan fingerprint density at radius 1 is 1.18 bits per heavy atom. The Balaban J connectivity index is 1.61. The van der Waals surface area contributed by atoms with E-state index in [0.717, 1.165) is 29.7 Å². The summed E-state index contributed by atoms with van der Waals surface area (Å²) in [6.07, 6.45) is 4.34. The number of aromatic nitrogens is 2. The van der Waals surface area contributed by atoms with Crippen LogP contribution in [0.5, 0.6) is 0 Å². The molecule has 5 rings (SSSR count). The van der Waals surface area contributed by atoms with E-state index in [1.165, 1.54) is 11.3 Å². The lowest BCUT2D eigenvalue weighted by molar-refractivity contribution is 0.1000. The minimum absolute atomic E-state index is 0.351. The first-order chi connectivity index (χ1) is 15.9. The number of thiophene rings is 1. The number of anilines is 1. The van der Waals surface area contributed by atoms with Gasteiger partial charge >= 0.3 is 0 Å². The van der Waals surface area contributed by atoms with Crippen LogP contribution in [0.4, 0.5) is 5.00 Å². The van der Waals surface area contributed by atoms with E-state index >= 15 is 0 Å². The highest BCUT2D eigenvalue weighted by Gasteiger charge is 2.28. The molecule has 3 aromatic heterocycles. The molecule has 2 amide bonds. The first-order valence-corrected chi connectivity index (χ1v) is 11.9. The fourth-order valence-corrected chi connectivity index (χ4v) is 5.94. The average Bonchev–Trinajstić information content (AvgIpc) is 3.16. The van der Waals surface area contributed by atoms with Crippen molar-refractivity contribution in [2.24, 2.45) is 11.7 Å². The van der Waals surface area contributed by atoms with Gasteiger partial charge in [-0.15, -0.1) is 11.3 Å². The van der Waals surface area contributed by atoms with E-state index in [-0.39, 0.29) is 5.91 Å². The number of amides is 2. The standard InChI is InChI=1S/C25H21ClN4O2S/c1-13-8-9-15-20(11-13)33-25(21(15)23(27)31)30-24(32)16-12-19(18-7-2-3-10-28-18)29-22-14(16)5-4-6-17(22)26/h2-7,10,12-13H,8-9,11H2,1H3,(H2,27,31)(H,30,32). The molecule has 4 aromatic rings. The highest BCUT2D eigenvalue weighted by molar-refractivity contribution is 7.17. The summed E-state index contributed by atoms with van der Waals surface area (Å²) in [6.45, 7) is 2.19. The normalized spacial score (nSPS) is 15.3. The van der Waals surface area contributed by atoms with Crippen molar-refractivity contribution in [3.05, 3.63) is 75.3 Å². The van der Waals surface area contributed by atoms with Gasteiger partial charge in [-0.05, 0) is 55.0 Å². The van der Waals surface area contributed by atoms with E-state index in [1.54, 1.807) is 30.5 Å². The van der Waals surface area contributed by atoms with E-state index in [1.807, 2.05) is 18.2 Å². The molecular weight excluding hydrogens is 456 g/mol. The van der Waals surface area contributed by atoms with Crippen LogP contribution in [0.25, 0.3) is 22.3 Å². The Labute approximate surface area is 199 Å². The van der Waals surface area contributed by atoms with Crippen molar-refractivity contribution in [2.75, 3.05) is 5.32 Å². The van der Waals surface area contributed by atoms with Crippen LogP contribution in [0.1, 0.15) is 44.5 Å². The minimum Gasteiger partial charge on any atom is -0.365 e. The van der Waals surface area contributed by atoms with Crippen LogP contribution in [-0.4, -0.2) is 21.8 Å². The van der Waals surface area contributed by atoms with E-state index in [0.29, 0.717) is 49.4 Å². The molecule has 1 aliphatic carbocycles. The van der Waals surface area contributed by atoms with Gasteiger partial charge in [0.2, 0.25) is 0 Å². The molecule has 8 heteroatoms. The number of benzene rings is 1. The molecule has 0 fully saturated rings. The van der Waals surface area contributed by atoms with E-state index in [4.69, 9.17) is 17.3 Å². The zero-order valence-corrected chi connectivity index (χ0v) is 19.5. The molecule has 0 bridgehead atoms. The topological polar surface area (TPSA) is 98.0 Å². The third-order valence-corrected chi connectivity index (χ3v) is 7.42. The minimum atomic E-state index is -0.519. The van der Waals surface area contributed by atoms with Gasteiger partial charge in [-0.2, -0.15) is 0 Å². The molecule has 3 N–H and O–H groups in total. The maximum atomic E-state index is 13.5. The number of hydrogen-bond donors (Lipinski definition) is 2. The zero-order valence-electron chi connectivity index (χ0n) is 17.9. The Hall–Kier alpha value is -3.29. The number of rotatable bonds is 4. The quantitative estimate of drug-likeness (QED) is 0.407. The Kier molecular flexibility index (Phi) is 5.60. The lowest BCUT2D eigenvalue weighted by Crippen LogP contribution is -2.19. The van der Waals surface area contributed by atoms with Crippen molar-refractivity contribution < 1.29 is 9.59 Å². The first kappa shape index (κ1) is 21.6. The number of nitrogens with zero attached hydrogens (tertiary/aromatic N) is 2. The third kappa shape index (κ3) is 3.98. The Morgan fingerprint density at radius 3 is 2.79 bits per heavy atom. The number of nitrogens with one attached hydrogen (secondary N) is 1. The van der Waals surface area contributed by atoms with Crippen LogP contribution in [-0.2, 0) is 12.8 Å². The number of halogens is 1. The zero-order chi connectivity index (χ0) is 23.1. The van der Waals surface area contributed by atoms with Gasteiger partial charge in [-0.1, -0.05) is 36.7 Å². The molecule has 1 aliphatic rings. The maximum absolute atomic E-state index is 13.5. The predicted molar refractivity (Wildman–Crippen MR) is 132 cm³/mol. The van der Waals surface area contributed by atoms with Crippen molar-refractivity contribution in [3.8, 4) is 11.4 Å². The molecule has 1 unspecified atom stereocenters. The van der Waals surface area contributed by atoms with Crippen LogP contribution >= 0.6 is 22.9 Å². The van der Waals surface area contributed by atoms with Crippen molar-refractivity contribution in [3.63, 3.8) is 0 Å². The average molecular weight is 477 g/mol. The second-order valence-corrected chi connectivity index (χ2v) is 9.79. The molecule has 0 saturated heterocycles. The summed E-state index contributed by atoms with van der Waals surface area (Å²) in [7, 11) is 0. The number of para-hydroxylation sites is 1. The first-order valence-electron chi connectivity index (χ1n) is 10.7. The SMILES string of the molecule is CC1CCc2c(sc(NC(=O)c3cc(-c4ccccn4)nc4c(Cl)cccc34)c2C(N)=O)C1. The molecule has 166 valence electrons. The van der Waals surface area contributed by atoms with Crippen molar-refractivity contribution in [1.29, 1.82) is 0 Å². The highest BCUT2D eigenvalue weighted by Crippen LogP contribution is 2.40. The summed E-state index contributed by atoms with van der Waals surface area (Å²) in [4.78, 5) is 36.0. The van der Waals surface area contributed by atoms with Crippen LogP contribution in [0.15, 0.2) is 48.7 Å². The van der Waals surface area contributed by atoms with Gasteiger partial charge in [0.25, 0.3) is 11.8 Å². The molecule has 33 heavy (non-hydrogen) atoms. The summed E-state index contributed by atoms with van der Waals surface area (Å²) in [5.41, 5.74) is 9.21. The lowest BCUT2D eigenvalue weighted by Gasteiger charge is -2.18. The molecule has 0 radical (unpaired) electrons. The fourth-order valence-electron chi connectivity index (χ4n) is 4.32. The second kappa shape index (κ2) is 8.57. The number of nitrogens with two attached hydrogens (primary N) is 1. The van der Waals surface area contributed by atoms with Gasteiger partial charge in [-0.25, -0.2) is 4.98 Å². The summed E-state index contributed by atoms with van der Waals surface area (Å²) >= 11 is 7.87. The molecule has 0 aliphatic heterocycles. The number of pyridine rings is 2. The third-order valence-electron chi connectivity index (χ3n) is 5.95. The molecule has 3 heterocycles. The predicted octanol–water partition coefficient (Wildman–Crippen LogP) is 5.49. The summed E-state index contributed by atoms with van der Waals surface area (Å²) in [5, 5.41) is 4.52. The van der Waals surface area contributed by atoms with E-state index in [2.05, 4.69) is 22.2 Å². The Morgan fingerprint density at radius 2 is 2.03 bits per heavy atom. The van der Waals surface area contributed by atoms with Gasteiger partial charge < -0.3 is 11.1 Å². The van der Waals surface area contributed by atoms with Crippen molar-refractivity contribution >= 4 is 50.7 Å². The largest absolute Gasteiger partial charge is 0.365 e. The van der Waals surface area contributed by atoms with E-state index < -0.39 is 5.91 Å². The lowest BCUT2D eigenvalue weighted by atomic mass is 9.88. The van der Waals surface area contributed by atoms with Crippen LogP contribution in [0.3, 0.4) is 0 Å². The highest BCUT2D eigenvalue weighted by atomic mass is 35.5. The fraction of sp³-hybridized carbons (Fsp3) is 0.200. The number of fused-ring (bicyclic) bond motifs is 2. The molecule has 1 atom stereocenters. The molecule has 1 aromatic carbocycles. The smallest absolute Gasteiger partial charge is 0.257 e.